The first-order valence-electron chi connectivity index (χ1n) is 5.61. The van der Waals surface area contributed by atoms with Crippen LogP contribution in [0.3, 0.4) is 0 Å². The molecule has 0 heterocycles. The summed E-state index contributed by atoms with van der Waals surface area (Å²) >= 11 is 0. The van der Waals surface area contributed by atoms with Crippen molar-refractivity contribution < 1.29 is 9.00 Å². The van der Waals surface area contributed by atoms with E-state index in [0.717, 1.165) is 50.0 Å². The summed E-state index contributed by atoms with van der Waals surface area (Å²) in [6.45, 7) is 2.11. The normalized spacial score (nSPS) is 24.1. The molecule has 0 aliphatic heterocycles. The van der Waals surface area contributed by atoms with Crippen molar-refractivity contribution in [1.82, 2.24) is 0 Å². The summed E-state index contributed by atoms with van der Waals surface area (Å²) in [5, 5.41) is 0. The van der Waals surface area contributed by atoms with Gasteiger partial charge in [0.1, 0.15) is 5.78 Å². The lowest BCUT2D eigenvalue weighted by Gasteiger charge is -2.06. The Balaban J connectivity index is 2.13. The minimum absolute atomic E-state index is 0.237. The highest BCUT2D eigenvalue weighted by Crippen LogP contribution is 2.24. The lowest BCUT2D eigenvalue weighted by Crippen LogP contribution is -2.12. The molecular formula is C11H20O2S. The van der Waals surface area contributed by atoms with E-state index in [1.807, 2.05) is 0 Å². The van der Waals surface area contributed by atoms with Crippen LogP contribution in [0.5, 0.6) is 0 Å². The van der Waals surface area contributed by atoms with Gasteiger partial charge in [0, 0.05) is 34.6 Å². The summed E-state index contributed by atoms with van der Waals surface area (Å²) in [6, 6.07) is 0. The quantitative estimate of drug-likeness (QED) is 0.682. The van der Waals surface area contributed by atoms with Crippen molar-refractivity contribution >= 4 is 16.6 Å². The van der Waals surface area contributed by atoms with E-state index in [2.05, 4.69) is 6.92 Å². The highest BCUT2D eigenvalue weighted by Gasteiger charge is 2.24. The fraction of sp³-hybridized carbons (Fsp3) is 0.909. The van der Waals surface area contributed by atoms with E-state index in [1.54, 1.807) is 0 Å². The van der Waals surface area contributed by atoms with E-state index in [-0.39, 0.29) is 5.92 Å². The molecule has 0 aromatic heterocycles. The van der Waals surface area contributed by atoms with E-state index < -0.39 is 10.8 Å². The molecule has 1 aliphatic carbocycles. The van der Waals surface area contributed by atoms with Crippen LogP contribution < -0.4 is 0 Å². The summed E-state index contributed by atoms with van der Waals surface area (Å²) in [6.07, 6.45) is 5.84. The molecular weight excluding hydrogens is 196 g/mol. The van der Waals surface area contributed by atoms with Gasteiger partial charge in [-0.2, -0.15) is 0 Å². The van der Waals surface area contributed by atoms with Crippen molar-refractivity contribution in [2.45, 2.75) is 45.4 Å². The molecule has 3 heteroatoms. The van der Waals surface area contributed by atoms with E-state index in [9.17, 15) is 9.00 Å². The maximum atomic E-state index is 11.5. The molecule has 0 saturated heterocycles. The summed E-state index contributed by atoms with van der Waals surface area (Å²) in [5.74, 6) is 2.19. The van der Waals surface area contributed by atoms with Gasteiger partial charge in [-0.15, -0.1) is 0 Å². The first kappa shape index (κ1) is 11.9. The van der Waals surface area contributed by atoms with E-state index in [0.29, 0.717) is 5.78 Å². The Labute approximate surface area is 88.9 Å². The van der Waals surface area contributed by atoms with E-state index >= 15 is 0 Å². The molecule has 82 valence electrons. The van der Waals surface area contributed by atoms with Crippen LogP contribution in [0.4, 0.5) is 0 Å². The van der Waals surface area contributed by atoms with Crippen LogP contribution in [0.15, 0.2) is 0 Å². The smallest absolute Gasteiger partial charge is 0.136 e. The predicted octanol–water partition coefficient (Wildman–Crippen LogP) is 2.29. The average molecular weight is 216 g/mol. The highest BCUT2D eigenvalue weighted by molar-refractivity contribution is 7.84. The standard InChI is InChI=1S/C11H20O2S/c1-2-3-8-14(13)9-7-10-5-4-6-11(10)12/h10H,2-9H2,1H3. The monoisotopic (exact) mass is 216 g/mol. The second-order valence-corrected chi connectivity index (χ2v) is 5.74. The molecule has 1 aliphatic rings. The van der Waals surface area contributed by atoms with Gasteiger partial charge >= 0.3 is 0 Å². The number of carbonyl (C=O) groups is 1. The maximum absolute atomic E-state index is 11.5. The van der Waals surface area contributed by atoms with Gasteiger partial charge in [0.25, 0.3) is 0 Å². The Bertz CT molecular complexity index is 213. The zero-order valence-corrected chi connectivity index (χ0v) is 9.78. The van der Waals surface area contributed by atoms with Crippen LogP contribution in [0.1, 0.15) is 45.4 Å². The molecule has 2 atom stereocenters. The highest BCUT2D eigenvalue weighted by atomic mass is 32.2. The minimum Gasteiger partial charge on any atom is -0.299 e. The fourth-order valence-corrected chi connectivity index (χ4v) is 3.24. The third kappa shape index (κ3) is 3.91. The predicted molar refractivity (Wildman–Crippen MR) is 59.7 cm³/mol. The topological polar surface area (TPSA) is 34.1 Å². The zero-order valence-electron chi connectivity index (χ0n) is 8.96. The molecule has 1 fully saturated rings. The Morgan fingerprint density at radius 3 is 2.79 bits per heavy atom. The molecule has 0 spiro atoms. The molecule has 0 aromatic rings. The largest absolute Gasteiger partial charge is 0.299 e. The molecule has 0 radical (unpaired) electrons. The Kier molecular flexibility index (Phi) is 5.38. The molecule has 1 saturated carbocycles. The van der Waals surface area contributed by atoms with Crippen LogP contribution >= 0.6 is 0 Å². The second-order valence-electron chi connectivity index (χ2n) is 4.05. The summed E-state index contributed by atoms with van der Waals surface area (Å²) in [4.78, 5) is 11.3. The lowest BCUT2D eigenvalue weighted by molar-refractivity contribution is -0.120. The van der Waals surface area contributed by atoms with Crippen molar-refractivity contribution in [3.05, 3.63) is 0 Å². The van der Waals surface area contributed by atoms with Crippen molar-refractivity contribution in [1.29, 1.82) is 0 Å². The number of rotatable bonds is 6. The molecule has 1 rings (SSSR count). The van der Waals surface area contributed by atoms with Gasteiger partial charge in [0.05, 0.1) is 0 Å². The Morgan fingerprint density at radius 1 is 1.43 bits per heavy atom. The van der Waals surface area contributed by atoms with Gasteiger partial charge in [-0.1, -0.05) is 13.3 Å². The van der Waals surface area contributed by atoms with E-state index in [4.69, 9.17) is 0 Å². The number of ketones is 1. The number of unbranched alkanes of at least 4 members (excludes halogenated alkanes) is 1. The van der Waals surface area contributed by atoms with Crippen molar-refractivity contribution in [2.75, 3.05) is 11.5 Å². The summed E-state index contributed by atoms with van der Waals surface area (Å²) in [5.41, 5.74) is 0. The molecule has 14 heavy (non-hydrogen) atoms. The molecule has 0 aromatic carbocycles. The third-order valence-electron chi connectivity index (χ3n) is 2.85. The average Bonchev–Trinajstić information content (AvgIpc) is 2.58. The van der Waals surface area contributed by atoms with E-state index in [1.165, 1.54) is 0 Å². The molecule has 0 amide bonds. The Morgan fingerprint density at radius 2 is 2.21 bits per heavy atom. The first-order valence-corrected chi connectivity index (χ1v) is 7.10. The molecule has 2 nitrogen and oxygen atoms in total. The fourth-order valence-electron chi connectivity index (χ4n) is 1.87. The van der Waals surface area contributed by atoms with Gasteiger partial charge in [-0.05, 0) is 25.7 Å². The van der Waals surface area contributed by atoms with Gasteiger partial charge in [0.15, 0.2) is 0 Å². The number of hydrogen-bond acceptors (Lipinski definition) is 2. The van der Waals surface area contributed by atoms with Gasteiger partial charge < -0.3 is 0 Å². The van der Waals surface area contributed by atoms with Gasteiger partial charge in [0.2, 0.25) is 0 Å². The van der Waals surface area contributed by atoms with Crippen LogP contribution in [0.25, 0.3) is 0 Å². The summed E-state index contributed by atoms with van der Waals surface area (Å²) in [7, 11) is -0.683. The van der Waals surface area contributed by atoms with Gasteiger partial charge in [-0.25, -0.2) is 0 Å². The van der Waals surface area contributed by atoms with Crippen LogP contribution in [0, 0.1) is 5.92 Å². The molecule has 0 N–H and O–H groups in total. The van der Waals surface area contributed by atoms with Crippen molar-refractivity contribution in [2.24, 2.45) is 5.92 Å². The second kappa shape index (κ2) is 6.33. The first-order chi connectivity index (χ1) is 6.74. The van der Waals surface area contributed by atoms with Gasteiger partial charge in [-0.3, -0.25) is 9.00 Å². The summed E-state index contributed by atoms with van der Waals surface area (Å²) < 4.78 is 11.5. The SMILES string of the molecule is CCCCS(=O)CCC1CCCC1=O. The van der Waals surface area contributed by atoms with Crippen molar-refractivity contribution in [3.63, 3.8) is 0 Å². The molecule has 0 bridgehead atoms. The number of carbonyl (C=O) groups excluding carboxylic acids is 1. The van der Waals surface area contributed by atoms with Crippen LogP contribution in [0.2, 0.25) is 0 Å². The Hall–Kier alpha value is -0.180. The van der Waals surface area contributed by atoms with Crippen molar-refractivity contribution in [3.8, 4) is 0 Å². The number of Topliss-reactive ketones (excluding diaryl/α,β-unsaturated/α-hetero) is 1. The van der Waals surface area contributed by atoms with Crippen LogP contribution in [-0.2, 0) is 15.6 Å². The molecule has 2 unspecified atom stereocenters. The maximum Gasteiger partial charge on any atom is 0.136 e. The van der Waals surface area contributed by atoms with Crippen LogP contribution in [-0.4, -0.2) is 21.5 Å². The lowest BCUT2D eigenvalue weighted by atomic mass is 10.1. The minimum atomic E-state index is -0.683. The third-order valence-corrected chi connectivity index (χ3v) is 4.29. The number of hydrogen-bond donors (Lipinski definition) is 0. The zero-order chi connectivity index (χ0) is 10.4.